The Labute approximate surface area is 61.4 Å². The third-order valence-electron chi connectivity index (χ3n) is 2.14. The summed E-state index contributed by atoms with van der Waals surface area (Å²) in [7, 11) is 0. The molecule has 0 aromatic rings. The average molecular weight is 136 g/mol. The Morgan fingerprint density at radius 3 is 3.40 bits per heavy atom. The molecule has 2 rings (SSSR count). The molecule has 0 radical (unpaired) electrons. The lowest BCUT2D eigenvalue weighted by atomic mass is 9.97. The predicted molar refractivity (Wildman–Crippen MR) is 40.5 cm³/mol. The van der Waals surface area contributed by atoms with E-state index in [1.165, 1.54) is 11.3 Å². The average Bonchev–Trinajstić information content (AvgIpc) is 2.33. The molecule has 0 fully saturated rings. The molecule has 0 aromatic carbocycles. The summed E-state index contributed by atoms with van der Waals surface area (Å²) in [6.07, 6.45) is 6.73. The van der Waals surface area contributed by atoms with Gasteiger partial charge in [0.2, 0.25) is 0 Å². The van der Waals surface area contributed by atoms with Crippen molar-refractivity contribution >= 4 is 0 Å². The van der Waals surface area contributed by atoms with Crippen LogP contribution in [0.15, 0.2) is 23.5 Å². The van der Waals surface area contributed by atoms with Gasteiger partial charge in [0.1, 0.15) is 0 Å². The van der Waals surface area contributed by atoms with Crippen molar-refractivity contribution < 1.29 is 4.74 Å². The maximum atomic E-state index is 5.46. The van der Waals surface area contributed by atoms with Crippen LogP contribution in [0.2, 0.25) is 0 Å². The van der Waals surface area contributed by atoms with Gasteiger partial charge in [-0.15, -0.1) is 0 Å². The highest BCUT2D eigenvalue weighted by atomic mass is 16.5. The molecule has 0 saturated carbocycles. The summed E-state index contributed by atoms with van der Waals surface area (Å²) in [5.41, 5.74) is 1.43. The van der Waals surface area contributed by atoms with E-state index in [9.17, 15) is 0 Å². The van der Waals surface area contributed by atoms with Crippen LogP contribution in [0.5, 0.6) is 0 Å². The maximum Gasteiger partial charge on any atom is 0.0998 e. The van der Waals surface area contributed by atoms with Crippen molar-refractivity contribution in [3.63, 3.8) is 0 Å². The largest absolute Gasteiger partial charge is 0.497 e. The van der Waals surface area contributed by atoms with E-state index < -0.39 is 0 Å². The number of ether oxygens (including phenoxy) is 1. The van der Waals surface area contributed by atoms with Crippen molar-refractivity contribution in [2.45, 2.75) is 19.8 Å². The first-order valence-corrected chi connectivity index (χ1v) is 3.89. The van der Waals surface area contributed by atoms with Crippen LogP contribution in [0.1, 0.15) is 19.8 Å². The summed E-state index contributed by atoms with van der Waals surface area (Å²) in [6.45, 7) is 3.13. The molecule has 1 heterocycles. The lowest BCUT2D eigenvalue weighted by Gasteiger charge is -2.12. The second-order valence-corrected chi connectivity index (χ2v) is 3.09. The molecule has 1 aliphatic carbocycles. The summed E-state index contributed by atoms with van der Waals surface area (Å²) in [6, 6.07) is 0. The Kier molecular flexibility index (Phi) is 1.30. The van der Waals surface area contributed by atoms with E-state index in [0.717, 1.165) is 19.4 Å². The lowest BCUT2D eigenvalue weighted by molar-refractivity contribution is 0.228. The third kappa shape index (κ3) is 0.859. The van der Waals surface area contributed by atoms with Crippen molar-refractivity contribution in [3.8, 4) is 0 Å². The van der Waals surface area contributed by atoms with Gasteiger partial charge in [-0.2, -0.15) is 0 Å². The first kappa shape index (κ1) is 6.02. The first-order chi connectivity index (χ1) is 4.86. The number of hydrogen-bond donors (Lipinski definition) is 0. The smallest absolute Gasteiger partial charge is 0.0998 e. The Hall–Kier alpha value is -0.720. The molecule has 2 aliphatic rings. The van der Waals surface area contributed by atoms with Crippen LogP contribution in [0, 0.1) is 5.92 Å². The monoisotopic (exact) mass is 136 g/mol. The molecule has 0 spiro atoms. The summed E-state index contributed by atoms with van der Waals surface area (Å²) in [5, 5.41) is 0. The van der Waals surface area contributed by atoms with Gasteiger partial charge in [0.25, 0.3) is 0 Å². The Bertz CT molecular complexity index is 201. The van der Waals surface area contributed by atoms with E-state index in [4.69, 9.17) is 4.74 Å². The molecule has 0 amide bonds. The van der Waals surface area contributed by atoms with Gasteiger partial charge in [-0.25, -0.2) is 0 Å². The molecule has 0 saturated heterocycles. The summed E-state index contributed by atoms with van der Waals surface area (Å²) >= 11 is 0. The molecule has 1 heteroatoms. The van der Waals surface area contributed by atoms with E-state index in [1.54, 1.807) is 0 Å². The van der Waals surface area contributed by atoms with E-state index >= 15 is 0 Å². The number of hydrogen-bond acceptors (Lipinski definition) is 1. The fourth-order valence-electron chi connectivity index (χ4n) is 1.52. The molecule has 1 unspecified atom stereocenters. The highest BCUT2D eigenvalue weighted by molar-refractivity contribution is 5.29. The molecule has 0 aromatic heterocycles. The minimum Gasteiger partial charge on any atom is -0.497 e. The zero-order valence-corrected chi connectivity index (χ0v) is 6.26. The SMILES string of the molecule is CC1C=CC2=C(C1)OCC2. The van der Waals surface area contributed by atoms with Crippen molar-refractivity contribution in [1.29, 1.82) is 0 Å². The minimum absolute atomic E-state index is 0.678. The highest BCUT2D eigenvalue weighted by Gasteiger charge is 2.18. The number of rotatable bonds is 0. The van der Waals surface area contributed by atoms with E-state index in [2.05, 4.69) is 19.1 Å². The van der Waals surface area contributed by atoms with Gasteiger partial charge >= 0.3 is 0 Å². The zero-order valence-electron chi connectivity index (χ0n) is 6.26. The van der Waals surface area contributed by atoms with Gasteiger partial charge in [0.15, 0.2) is 0 Å². The fraction of sp³-hybridized carbons (Fsp3) is 0.556. The van der Waals surface area contributed by atoms with Crippen LogP contribution in [-0.4, -0.2) is 6.61 Å². The Balaban J connectivity index is 2.22. The van der Waals surface area contributed by atoms with Gasteiger partial charge in [-0.3, -0.25) is 0 Å². The van der Waals surface area contributed by atoms with Gasteiger partial charge in [-0.1, -0.05) is 19.1 Å². The molecule has 1 aliphatic heterocycles. The van der Waals surface area contributed by atoms with Crippen molar-refractivity contribution in [1.82, 2.24) is 0 Å². The Morgan fingerprint density at radius 1 is 1.60 bits per heavy atom. The fourth-order valence-corrected chi connectivity index (χ4v) is 1.52. The predicted octanol–water partition coefficient (Wildman–Crippen LogP) is 2.26. The topological polar surface area (TPSA) is 9.23 Å². The van der Waals surface area contributed by atoms with E-state index in [0.29, 0.717) is 5.92 Å². The third-order valence-corrected chi connectivity index (χ3v) is 2.14. The summed E-state index contributed by atoms with van der Waals surface area (Å²) < 4.78 is 5.46. The van der Waals surface area contributed by atoms with Crippen LogP contribution in [-0.2, 0) is 4.74 Å². The maximum absolute atomic E-state index is 5.46. The van der Waals surface area contributed by atoms with Crippen molar-refractivity contribution in [3.05, 3.63) is 23.5 Å². The molecule has 0 bridgehead atoms. The summed E-state index contributed by atoms with van der Waals surface area (Å²) in [5.74, 6) is 1.92. The number of allylic oxidation sites excluding steroid dienone is 3. The van der Waals surface area contributed by atoms with Gasteiger partial charge < -0.3 is 4.74 Å². The molecule has 1 atom stereocenters. The van der Waals surface area contributed by atoms with Crippen LogP contribution < -0.4 is 0 Å². The van der Waals surface area contributed by atoms with Crippen molar-refractivity contribution in [2.75, 3.05) is 6.61 Å². The second kappa shape index (κ2) is 2.15. The molecule has 1 nitrogen and oxygen atoms in total. The van der Waals surface area contributed by atoms with Gasteiger partial charge in [-0.05, 0) is 11.5 Å². The molecule has 0 N–H and O–H groups in total. The molecular formula is C9H12O. The standard InChI is InChI=1S/C9H12O/c1-7-2-3-8-4-5-10-9(8)6-7/h2-3,7H,4-6H2,1H3. The lowest BCUT2D eigenvalue weighted by Crippen LogP contribution is -1.98. The Morgan fingerprint density at radius 2 is 2.50 bits per heavy atom. The quantitative estimate of drug-likeness (QED) is 0.496. The normalized spacial score (nSPS) is 30.3. The minimum atomic E-state index is 0.678. The van der Waals surface area contributed by atoms with Gasteiger partial charge in [0.05, 0.1) is 12.4 Å². The van der Waals surface area contributed by atoms with Crippen molar-refractivity contribution in [2.24, 2.45) is 5.92 Å². The van der Waals surface area contributed by atoms with Crippen LogP contribution in [0.25, 0.3) is 0 Å². The molecular weight excluding hydrogens is 124 g/mol. The molecule has 10 heavy (non-hydrogen) atoms. The first-order valence-electron chi connectivity index (χ1n) is 3.89. The van der Waals surface area contributed by atoms with Crippen LogP contribution in [0.3, 0.4) is 0 Å². The highest BCUT2D eigenvalue weighted by Crippen LogP contribution is 2.30. The van der Waals surface area contributed by atoms with Crippen LogP contribution in [0.4, 0.5) is 0 Å². The van der Waals surface area contributed by atoms with E-state index in [1.807, 2.05) is 0 Å². The van der Waals surface area contributed by atoms with E-state index in [-0.39, 0.29) is 0 Å². The van der Waals surface area contributed by atoms with Gasteiger partial charge in [0, 0.05) is 12.8 Å². The zero-order chi connectivity index (χ0) is 6.97. The summed E-state index contributed by atoms with van der Waals surface area (Å²) in [4.78, 5) is 0. The molecule has 54 valence electrons. The van der Waals surface area contributed by atoms with Crippen LogP contribution >= 0.6 is 0 Å². The second-order valence-electron chi connectivity index (χ2n) is 3.09.